The summed E-state index contributed by atoms with van der Waals surface area (Å²) in [5.41, 5.74) is 3.43. The Kier molecular flexibility index (Phi) is 6.69. The zero-order valence-electron chi connectivity index (χ0n) is 16.7. The number of anilines is 2. The minimum absolute atomic E-state index is 0.0415. The first-order chi connectivity index (χ1) is 13.5. The lowest BCUT2D eigenvalue weighted by Crippen LogP contribution is -2.35. The van der Waals surface area contributed by atoms with Gasteiger partial charge < -0.3 is 15.5 Å². The van der Waals surface area contributed by atoms with Gasteiger partial charge in [-0.1, -0.05) is 38.1 Å². The zero-order chi connectivity index (χ0) is 19.9. The van der Waals surface area contributed by atoms with Crippen molar-refractivity contribution in [1.82, 2.24) is 4.90 Å². The van der Waals surface area contributed by atoms with Gasteiger partial charge in [0, 0.05) is 30.0 Å². The molecule has 0 aromatic heterocycles. The fraction of sp³-hybridized carbons (Fsp3) is 0.391. The Labute approximate surface area is 167 Å². The van der Waals surface area contributed by atoms with Crippen molar-refractivity contribution < 1.29 is 9.59 Å². The fourth-order valence-electron chi connectivity index (χ4n) is 3.55. The van der Waals surface area contributed by atoms with E-state index < -0.39 is 0 Å². The Morgan fingerprint density at radius 3 is 2.50 bits per heavy atom. The van der Waals surface area contributed by atoms with Crippen LogP contribution < -0.4 is 10.6 Å². The average molecular weight is 380 g/mol. The molecule has 148 valence electrons. The molecule has 5 heteroatoms. The first kappa shape index (κ1) is 19.9. The monoisotopic (exact) mass is 379 g/mol. The van der Waals surface area contributed by atoms with Crippen LogP contribution in [0, 0.1) is 0 Å². The van der Waals surface area contributed by atoms with E-state index in [9.17, 15) is 9.59 Å². The number of hydrogen-bond donors (Lipinski definition) is 2. The summed E-state index contributed by atoms with van der Waals surface area (Å²) in [4.78, 5) is 26.9. The molecule has 1 aliphatic rings. The summed E-state index contributed by atoms with van der Waals surface area (Å²) in [6.07, 6.45) is 3.31. The number of piperidine rings is 1. The van der Waals surface area contributed by atoms with Crippen LogP contribution in [0.2, 0.25) is 0 Å². The molecule has 1 aliphatic heterocycles. The average Bonchev–Trinajstić information content (AvgIpc) is 2.72. The third-order valence-electron chi connectivity index (χ3n) is 5.06. The lowest BCUT2D eigenvalue weighted by atomic mass is 10.0. The number of hydrogen-bond acceptors (Lipinski definition) is 3. The third-order valence-corrected chi connectivity index (χ3v) is 5.06. The van der Waals surface area contributed by atoms with Crippen LogP contribution in [0.5, 0.6) is 0 Å². The van der Waals surface area contributed by atoms with Crippen molar-refractivity contribution in [2.45, 2.75) is 39.0 Å². The van der Waals surface area contributed by atoms with E-state index in [-0.39, 0.29) is 18.4 Å². The number of carbonyl (C=O) groups excluding carboxylic acids is 2. The van der Waals surface area contributed by atoms with Crippen molar-refractivity contribution in [3.8, 4) is 0 Å². The molecule has 1 saturated heterocycles. The minimum Gasteiger partial charge on any atom is -0.376 e. The first-order valence-electron chi connectivity index (χ1n) is 10.1. The number of nitrogens with zero attached hydrogens (tertiary/aromatic N) is 1. The molecule has 5 nitrogen and oxygen atoms in total. The number of carbonyl (C=O) groups is 2. The molecular formula is C23H29N3O2. The van der Waals surface area contributed by atoms with Crippen LogP contribution in [0.1, 0.15) is 54.9 Å². The van der Waals surface area contributed by atoms with E-state index in [0.717, 1.165) is 31.6 Å². The number of likely N-dealkylation sites (tertiary alicyclic amines) is 1. The summed E-state index contributed by atoms with van der Waals surface area (Å²) in [7, 11) is 0. The highest BCUT2D eigenvalue weighted by Gasteiger charge is 2.18. The minimum atomic E-state index is -0.138. The Bertz CT molecular complexity index is 826. The first-order valence-corrected chi connectivity index (χ1v) is 10.1. The molecule has 2 N–H and O–H groups in total. The quantitative estimate of drug-likeness (QED) is 0.777. The highest BCUT2D eigenvalue weighted by atomic mass is 16.2. The molecule has 0 atom stereocenters. The molecule has 1 fully saturated rings. The molecule has 0 aliphatic carbocycles. The van der Waals surface area contributed by atoms with Crippen LogP contribution in [-0.2, 0) is 4.79 Å². The summed E-state index contributed by atoms with van der Waals surface area (Å²) in [5.74, 6) is 0.283. The summed E-state index contributed by atoms with van der Waals surface area (Å²) in [6, 6.07) is 15.2. The molecule has 0 saturated carbocycles. The maximum absolute atomic E-state index is 12.7. The van der Waals surface area contributed by atoms with E-state index in [2.05, 4.69) is 30.5 Å². The Morgan fingerprint density at radius 2 is 1.75 bits per heavy atom. The standard InChI is InChI=1S/C23H29N3O2/c1-17(2)20-11-4-5-12-21(20)24-16-22(27)25-19-10-8-9-18(15-19)23(28)26-13-6-3-7-14-26/h4-5,8-12,15,17,24H,3,6-7,13-14,16H2,1-2H3,(H,25,27). The summed E-state index contributed by atoms with van der Waals surface area (Å²) < 4.78 is 0. The molecule has 3 rings (SSSR count). The second-order valence-electron chi connectivity index (χ2n) is 7.58. The number of para-hydroxylation sites is 1. The Balaban J connectivity index is 1.59. The maximum atomic E-state index is 12.7. The Hall–Kier alpha value is -2.82. The van der Waals surface area contributed by atoms with Gasteiger partial charge in [-0.15, -0.1) is 0 Å². The van der Waals surface area contributed by atoms with E-state index in [1.54, 1.807) is 6.07 Å². The third kappa shape index (κ3) is 5.12. The van der Waals surface area contributed by atoms with Crippen molar-refractivity contribution in [3.05, 3.63) is 59.7 Å². The number of nitrogens with one attached hydrogen (secondary N) is 2. The number of benzene rings is 2. The highest BCUT2D eigenvalue weighted by Crippen LogP contribution is 2.23. The van der Waals surface area contributed by atoms with E-state index >= 15 is 0 Å². The van der Waals surface area contributed by atoms with Gasteiger partial charge in [0.2, 0.25) is 5.91 Å². The van der Waals surface area contributed by atoms with E-state index in [1.165, 1.54) is 12.0 Å². The molecule has 2 aromatic carbocycles. The molecule has 0 radical (unpaired) electrons. The van der Waals surface area contributed by atoms with Crippen molar-refractivity contribution in [3.63, 3.8) is 0 Å². The van der Waals surface area contributed by atoms with Crippen LogP contribution in [0.4, 0.5) is 11.4 Å². The van der Waals surface area contributed by atoms with E-state index in [0.29, 0.717) is 17.2 Å². The smallest absolute Gasteiger partial charge is 0.253 e. The SMILES string of the molecule is CC(C)c1ccccc1NCC(=O)Nc1cccc(C(=O)N2CCCCC2)c1. The lowest BCUT2D eigenvalue weighted by molar-refractivity contribution is -0.114. The summed E-state index contributed by atoms with van der Waals surface area (Å²) in [6.45, 7) is 6.06. The van der Waals surface area contributed by atoms with E-state index in [4.69, 9.17) is 0 Å². The van der Waals surface area contributed by atoms with Crippen LogP contribution in [0.3, 0.4) is 0 Å². The molecule has 0 unspecified atom stereocenters. The second kappa shape index (κ2) is 9.40. The molecule has 2 aromatic rings. The molecule has 28 heavy (non-hydrogen) atoms. The van der Waals surface area contributed by atoms with Gasteiger partial charge in [-0.3, -0.25) is 9.59 Å². The van der Waals surface area contributed by atoms with Gasteiger partial charge in [0.15, 0.2) is 0 Å². The molecule has 1 heterocycles. The van der Waals surface area contributed by atoms with Crippen molar-refractivity contribution >= 4 is 23.2 Å². The maximum Gasteiger partial charge on any atom is 0.253 e. The molecular weight excluding hydrogens is 350 g/mol. The normalized spacial score (nSPS) is 14.0. The fourth-order valence-corrected chi connectivity index (χ4v) is 3.55. The number of rotatable bonds is 6. The van der Waals surface area contributed by atoms with Crippen LogP contribution in [-0.4, -0.2) is 36.3 Å². The van der Waals surface area contributed by atoms with Crippen LogP contribution >= 0.6 is 0 Å². The van der Waals surface area contributed by atoms with Crippen molar-refractivity contribution in [2.75, 3.05) is 30.3 Å². The van der Waals surface area contributed by atoms with Gasteiger partial charge in [-0.25, -0.2) is 0 Å². The summed E-state index contributed by atoms with van der Waals surface area (Å²) >= 11 is 0. The summed E-state index contributed by atoms with van der Waals surface area (Å²) in [5, 5.41) is 6.10. The lowest BCUT2D eigenvalue weighted by Gasteiger charge is -2.26. The zero-order valence-corrected chi connectivity index (χ0v) is 16.7. The molecule has 0 bridgehead atoms. The van der Waals surface area contributed by atoms with Gasteiger partial charge in [0.1, 0.15) is 0 Å². The van der Waals surface area contributed by atoms with Gasteiger partial charge >= 0.3 is 0 Å². The predicted octanol–water partition coefficient (Wildman–Crippen LogP) is 4.49. The van der Waals surface area contributed by atoms with Crippen molar-refractivity contribution in [2.24, 2.45) is 0 Å². The van der Waals surface area contributed by atoms with E-state index in [1.807, 2.05) is 41.3 Å². The molecule has 2 amide bonds. The second-order valence-corrected chi connectivity index (χ2v) is 7.58. The van der Waals surface area contributed by atoms with Gasteiger partial charge in [-0.2, -0.15) is 0 Å². The number of amides is 2. The van der Waals surface area contributed by atoms with Gasteiger partial charge in [0.25, 0.3) is 5.91 Å². The van der Waals surface area contributed by atoms with Gasteiger partial charge in [0.05, 0.1) is 6.54 Å². The highest BCUT2D eigenvalue weighted by molar-refractivity contribution is 5.98. The Morgan fingerprint density at radius 1 is 1.00 bits per heavy atom. The topological polar surface area (TPSA) is 61.4 Å². The van der Waals surface area contributed by atoms with Crippen LogP contribution in [0.15, 0.2) is 48.5 Å². The van der Waals surface area contributed by atoms with Crippen LogP contribution in [0.25, 0.3) is 0 Å². The molecule has 0 spiro atoms. The van der Waals surface area contributed by atoms with Gasteiger partial charge in [-0.05, 0) is 55.0 Å². The predicted molar refractivity (Wildman–Crippen MR) is 114 cm³/mol. The van der Waals surface area contributed by atoms with Crippen molar-refractivity contribution in [1.29, 1.82) is 0 Å². The largest absolute Gasteiger partial charge is 0.376 e.